The smallest absolute Gasteiger partial charge is 0.410 e. The van der Waals surface area contributed by atoms with Crippen LogP contribution in [0.2, 0.25) is 0 Å². The third kappa shape index (κ3) is 9.23. The van der Waals surface area contributed by atoms with Crippen LogP contribution in [-0.2, 0) is 16.1 Å². The van der Waals surface area contributed by atoms with E-state index in [1.807, 2.05) is 50.8 Å². The van der Waals surface area contributed by atoms with Crippen molar-refractivity contribution in [3.8, 4) is 22.7 Å². The number of benzene rings is 2. The third-order valence-corrected chi connectivity index (χ3v) is 13.6. The minimum atomic E-state index is -0.953. The maximum absolute atomic E-state index is 16.3. The molecule has 8 heterocycles. The first-order chi connectivity index (χ1) is 35.0. The van der Waals surface area contributed by atoms with Gasteiger partial charge in [-0.2, -0.15) is 24.6 Å². The van der Waals surface area contributed by atoms with E-state index in [4.69, 9.17) is 14.7 Å². The Labute approximate surface area is 424 Å². The van der Waals surface area contributed by atoms with Crippen molar-refractivity contribution in [2.75, 3.05) is 67.5 Å². The van der Waals surface area contributed by atoms with Gasteiger partial charge < -0.3 is 39.7 Å². The molecular formula is C50H50BrF2N15O5. The van der Waals surface area contributed by atoms with Gasteiger partial charge in [0, 0.05) is 63.6 Å². The molecule has 2 aromatic carbocycles. The fourth-order valence-electron chi connectivity index (χ4n) is 9.32. The zero-order valence-corrected chi connectivity index (χ0v) is 42.1. The lowest BCUT2D eigenvalue weighted by Gasteiger charge is -2.41. The van der Waals surface area contributed by atoms with Gasteiger partial charge in [-0.15, -0.1) is 0 Å². The standard InChI is InChI=1S/C50H50BrF2N15O5/c1-26(2)40-42(28(4)12-13-54-40)67-44-31(21-34(53)41(59-44)39-33(52)8-7-9-37(39)69)43(61-49(67)71)66-19-18-65(24-30(66)6)46(70)29(5)25-73-50(72)64-16-14-63(15-17-64)48-60-45-32(51)22-56-68(45)47(62-48)55-23-38-57-35-11-10-27(3)20-36(35)58-38/h7-13,20-22,26,30,69H,5,14-19,23-25H2,1-4,6H3,(H,57,58)(H,55,60,62)/t30-/m0/s1. The average molecular weight is 1060 g/mol. The summed E-state index contributed by atoms with van der Waals surface area (Å²) in [5, 5.41) is 18.6. The van der Waals surface area contributed by atoms with E-state index in [-0.39, 0.29) is 54.6 Å². The average Bonchev–Trinajstić information content (AvgIpc) is 3.96. The lowest BCUT2D eigenvalue weighted by Crippen LogP contribution is -2.55. The number of carbonyl (C=O) groups excluding carboxylic acids is 2. The molecule has 2 aliphatic rings. The van der Waals surface area contributed by atoms with Crippen molar-refractivity contribution in [2.24, 2.45) is 0 Å². The van der Waals surface area contributed by atoms with Crippen molar-refractivity contribution in [1.29, 1.82) is 0 Å². The number of piperazine rings is 2. The van der Waals surface area contributed by atoms with E-state index in [1.54, 1.807) is 44.6 Å². The second kappa shape index (κ2) is 19.5. The SMILES string of the molecule is C=C(COC(=O)N1CCN(c2nc(NCc3nc4ccc(C)cc4[nH]3)n3ncc(Br)c3n2)CC1)C(=O)N1CCN(c2nc(=O)n(-c3c(C)ccnc3C(C)C)c3nc(-c4c(O)cccc4F)c(F)cc23)[C@@H](C)C1. The number of phenols is 1. The summed E-state index contributed by atoms with van der Waals surface area (Å²) in [5.41, 5.74) is 3.47. The number of fused-ring (bicyclic) bond motifs is 3. The van der Waals surface area contributed by atoms with Crippen molar-refractivity contribution >= 4 is 73.4 Å². The van der Waals surface area contributed by atoms with Gasteiger partial charge in [-0.1, -0.05) is 32.6 Å². The van der Waals surface area contributed by atoms with Crippen LogP contribution >= 0.6 is 15.9 Å². The maximum atomic E-state index is 16.3. The highest BCUT2D eigenvalue weighted by Gasteiger charge is 2.33. The van der Waals surface area contributed by atoms with Crippen LogP contribution in [0.1, 0.15) is 49.3 Å². The van der Waals surface area contributed by atoms with Crippen LogP contribution in [0.25, 0.3) is 44.7 Å². The molecule has 10 rings (SSSR count). The number of aromatic nitrogens is 10. The van der Waals surface area contributed by atoms with Gasteiger partial charge in [0.1, 0.15) is 35.5 Å². The van der Waals surface area contributed by atoms with Gasteiger partial charge in [-0.3, -0.25) is 9.78 Å². The normalized spacial score (nSPS) is 15.3. The van der Waals surface area contributed by atoms with Crippen molar-refractivity contribution in [3.63, 3.8) is 0 Å². The molecular weight excluding hydrogens is 1010 g/mol. The number of hydrogen-bond donors (Lipinski definition) is 3. The van der Waals surface area contributed by atoms with Crippen molar-refractivity contribution in [3.05, 3.63) is 122 Å². The molecule has 2 saturated heterocycles. The van der Waals surface area contributed by atoms with Crippen LogP contribution < -0.4 is 20.8 Å². The summed E-state index contributed by atoms with van der Waals surface area (Å²) in [7, 11) is 0. The van der Waals surface area contributed by atoms with Crippen LogP contribution in [0.4, 0.5) is 31.3 Å². The number of hydrogen-bond acceptors (Lipinski definition) is 15. The van der Waals surface area contributed by atoms with Crippen LogP contribution in [0.5, 0.6) is 5.75 Å². The zero-order chi connectivity index (χ0) is 51.4. The predicted octanol–water partition coefficient (Wildman–Crippen LogP) is 6.81. The Hall–Kier alpha value is -8.08. The van der Waals surface area contributed by atoms with Crippen molar-refractivity contribution in [1.82, 2.24) is 58.9 Å². The van der Waals surface area contributed by atoms with Gasteiger partial charge in [0.2, 0.25) is 11.9 Å². The Bertz CT molecular complexity index is 3550. The van der Waals surface area contributed by atoms with E-state index in [2.05, 4.69) is 57.8 Å². The molecule has 376 valence electrons. The number of nitrogens with zero attached hydrogens (tertiary/aromatic N) is 13. The summed E-state index contributed by atoms with van der Waals surface area (Å²) in [6.45, 7) is 15.3. The lowest BCUT2D eigenvalue weighted by molar-refractivity contribution is -0.128. The number of pyridine rings is 2. The largest absolute Gasteiger partial charge is 0.507 e. The number of rotatable bonds is 11. The van der Waals surface area contributed by atoms with Crippen molar-refractivity contribution < 1.29 is 28.2 Å². The molecule has 1 atom stereocenters. The number of aryl methyl sites for hydroxylation is 2. The van der Waals surface area contributed by atoms with Crippen LogP contribution in [0.15, 0.2) is 82.3 Å². The number of anilines is 3. The highest BCUT2D eigenvalue weighted by atomic mass is 79.9. The van der Waals surface area contributed by atoms with Gasteiger partial charge in [-0.25, -0.2) is 32.9 Å². The summed E-state index contributed by atoms with van der Waals surface area (Å²) < 4.78 is 40.7. The molecule has 0 spiro atoms. The fraction of sp³-hybridized carbons (Fsp3) is 0.320. The summed E-state index contributed by atoms with van der Waals surface area (Å²) >= 11 is 3.55. The second-order valence-corrected chi connectivity index (χ2v) is 19.3. The number of phenolic OH excluding ortho intramolecular Hbond substituents is 1. The second-order valence-electron chi connectivity index (χ2n) is 18.5. The highest BCUT2D eigenvalue weighted by Crippen LogP contribution is 2.37. The Balaban J connectivity index is 0.799. The molecule has 0 aliphatic carbocycles. The first-order valence-electron chi connectivity index (χ1n) is 23.6. The first kappa shape index (κ1) is 48.5. The molecule has 73 heavy (non-hydrogen) atoms. The number of ether oxygens (including phenoxy) is 1. The number of aromatic hydroxyl groups is 1. The van der Waals surface area contributed by atoms with Gasteiger partial charge in [-0.05, 0) is 90.1 Å². The molecule has 8 aromatic rings. The summed E-state index contributed by atoms with van der Waals surface area (Å²) in [6.07, 6.45) is 2.67. The van der Waals surface area contributed by atoms with E-state index >= 15 is 8.78 Å². The molecule has 3 N–H and O–H groups in total. The monoisotopic (exact) mass is 1060 g/mol. The molecule has 6 aromatic heterocycles. The van der Waals surface area contributed by atoms with Crippen molar-refractivity contribution in [2.45, 2.75) is 53.1 Å². The number of halogens is 3. The molecule has 2 aliphatic heterocycles. The Kier molecular flexibility index (Phi) is 13.0. The molecule has 0 saturated carbocycles. The van der Waals surface area contributed by atoms with Gasteiger partial charge in [0.25, 0.3) is 5.91 Å². The lowest BCUT2D eigenvalue weighted by atomic mass is 10.0. The van der Waals surface area contributed by atoms with E-state index in [1.165, 1.54) is 16.7 Å². The zero-order valence-electron chi connectivity index (χ0n) is 40.5. The number of amides is 2. The van der Waals surface area contributed by atoms with Gasteiger partial charge in [0.05, 0.1) is 50.6 Å². The summed E-state index contributed by atoms with van der Waals surface area (Å²) in [6, 6.07) is 12.0. The maximum Gasteiger partial charge on any atom is 0.410 e. The van der Waals surface area contributed by atoms with Gasteiger partial charge in [0.15, 0.2) is 17.1 Å². The van der Waals surface area contributed by atoms with Gasteiger partial charge >= 0.3 is 11.8 Å². The minimum Gasteiger partial charge on any atom is -0.507 e. The number of H-pyrrole nitrogens is 1. The molecule has 0 unspecified atom stereocenters. The molecule has 2 fully saturated rings. The highest BCUT2D eigenvalue weighted by molar-refractivity contribution is 9.10. The molecule has 23 heteroatoms. The number of nitrogens with one attached hydrogen (secondary N) is 2. The summed E-state index contributed by atoms with van der Waals surface area (Å²) in [4.78, 5) is 79.6. The number of imidazole rings is 1. The Morgan fingerprint density at radius 3 is 2.49 bits per heavy atom. The number of aromatic amines is 1. The number of carbonyl (C=O) groups is 2. The fourth-order valence-corrected chi connectivity index (χ4v) is 9.67. The predicted molar refractivity (Wildman–Crippen MR) is 273 cm³/mol. The van der Waals surface area contributed by atoms with E-state index in [0.717, 1.165) is 34.6 Å². The summed E-state index contributed by atoms with van der Waals surface area (Å²) in [5.74, 6) is -1.21. The van der Waals surface area contributed by atoms with Crippen LogP contribution in [0, 0.1) is 25.5 Å². The first-order valence-corrected chi connectivity index (χ1v) is 24.4. The Morgan fingerprint density at radius 2 is 1.74 bits per heavy atom. The third-order valence-electron chi connectivity index (χ3n) is 13.0. The Morgan fingerprint density at radius 1 is 0.959 bits per heavy atom. The van der Waals surface area contributed by atoms with E-state index in [0.29, 0.717) is 71.7 Å². The minimum absolute atomic E-state index is 0.0282. The quantitative estimate of drug-likeness (QED) is 0.113. The molecule has 20 nitrogen and oxygen atoms in total. The van der Waals surface area contributed by atoms with Crippen LogP contribution in [-0.4, -0.2) is 134 Å². The van der Waals surface area contributed by atoms with Crippen LogP contribution in [0.3, 0.4) is 0 Å². The molecule has 2 amide bonds. The molecule has 0 radical (unpaired) electrons. The van der Waals surface area contributed by atoms with E-state index < -0.39 is 52.4 Å². The molecule has 0 bridgehead atoms. The topological polar surface area (TPSA) is 221 Å². The van der Waals surface area contributed by atoms with E-state index in [9.17, 15) is 19.5 Å².